The Bertz CT molecular complexity index is 1540. The van der Waals surface area contributed by atoms with Gasteiger partial charge in [0.25, 0.3) is 5.91 Å². The van der Waals surface area contributed by atoms with Gasteiger partial charge in [-0.05, 0) is 74.1 Å². The van der Waals surface area contributed by atoms with Crippen LogP contribution >= 0.6 is 11.6 Å². The predicted molar refractivity (Wildman–Crippen MR) is 165 cm³/mol. The molecule has 0 bridgehead atoms. The summed E-state index contributed by atoms with van der Waals surface area (Å²) in [5, 5.41) is 4.67. The standard InChI is InChI=1S/C34H39ClN2O4/c1-7-8-10-24-13-15-25(16-14-24)21(2)36-33(38)27-17-18-28-29(22(3)37(5)30(28)20-27)19-26-11-9-12-31(32(26)35)41-23(4)34(39)40-6/h9,11-18,20-21,23H,7-8,10,19H2,1-6H3,(H,36,38)/t21-,23+/m0/s1. The minimum atomic E-state index is -0.774. The number of hydrogen-bond acceptors (Lipinski definition) is 4. The van der Waals surface area contributed by atoms with E-state index < -0.39 is 12.1 Å². The van der Waals surface area contributed by atoms with Crippen molar-refractivity contribution in [3.8, 4) is 5.75 Å². The summed E-state index contributed by atoms with van der Waals surface area (Å²) in [4.78, 5) is 25.1. The maximum atomic E-state index is 13.2. The third-order valence-corrected chi connectivity index (χ3v) is 8.21. The second-order valence-electron chi connectivity index (χ2n) is 10.6. The first-order valence-electron chi connectivity index (χ1n) is 14.1. The van der Waals surface area contributed by atoms with E-state index in [2.05, 4.69) is 48.0 Å². The first-order valence-corrected chi connectivity index (χ1v) is 14.5. The molecule has 1 aromatic heterocycles. The van der Waals surface area contributed by atoms with Crippen LogP contribution in [0.5, 0.6) is 5.75 Å². The monoisotopic (exact) mass is 574 g/mol. The first-order chi connectivity index (χ1) is 19.6. The van der Waals surface area contributed by atoms with E-state index in [0.717, 1.165) is 39.7 Å². The number of carbonyl (C=O) groups excluding carboxylic acids is 2. The summed E-state index contributed by atoms with van der Waals surface area (Å²) in [6, 6.07) is 19.8. The Kier molecular flexibility index (Phi) is 9.77. The van der Waals surface area contributed by atoms with Crippen molar-refractivity contribution < 1.29 is 19.1 Å². The number of esters is 1. The lowest BCUT2D eigenvalue weighted by molar-refractivity contribution is -0.147. The zero-order valence-corrected chi connectivity index (χ0v) is 25.5. The molecule has 4 rings (SSSR count). The molecule has 3 aromatic carbocycles. The smallest absolute Gasteiger partial charge is 0.346 e. The molecule has 0 radical (unpaired) electrons. The summed E-state index contributed by atoms with van der Waals surface area (Å²) in [5.41, 5.74) is 7.08. The van der Waals surface area contributed by atoms with Crippen LogP contribution in [0.25, 0.3) is 10.9 Å². The molecule has 1 amide bonds. The van der Waals surface area contributed by atoms with E-state index >= 15 is 0 Å². The Morgan fingerprint density at radius 3 is 2.46 bits per heavy atom. The highest BCUT2D eigenvalue weighted by atomic mass is 35.5. The fourth-order valence-corrected chi connectivity index (χ4v) is 5.34. The Morgan fingerprint density at radius 1 is 1.05 bits per heavy atom. The molecule has 41 heavy (non-hydrogen) atoms. The maximum absolute atomic E-state index is 13.2. The van der Waals surface area contributed by atoms with Crippen LogP contribution in [0.4, 0.5) is 0 Å². The van der Waals surface area contributed by atoms with E-state index in [4.69, 9.17) is 21.1 Å². The predicted octanol–water partition coefficient (Wildman–Crippen LogP) is 7.50. The summed E-state index contributed by atoms with van der Waals surface area (Å²) in [6.45, 7) is 7.90. The molecule has 4 aromatic rings. The molecule has 1 heterocycles. The molecule has 2 atom stereocenters. The number of nitrogens with zero attached hydrogens (tertiary/aromatic N) is 1. The third-order valence-electron chi connectivity index (χ3n) is 7.78. The van der Waals surface area contributed by atoms with Gasteiger partial charge in [0.2, 0.25) is 0 Å². The van der Waals surface area contributed by atoms with Crippen LogP contribution in [0.2, 0.25) is 5.02 Å². The van der Waals surface area contributed by atoms with Crippen molar-refractivity contribution in [3.05, 3.63) is 99.2 Å². The molecule has 0 fully saturated rings. The lowest BCUT2D eigenvalue weighted by atomic mass is 10.0. The van der Waals surface area contributed by atoms with Crippen LogP contribution in [0, 0.1) is 6.92 Å². The van der Waals surface area contributed by atoms with Gasteiger partial charge in [-0.15, -0.1) is 0 Å². The average molecular weight is 575 g/mol. The Hall–Kier alpha value is -3.77. The summed E-state index contributed by atoms with van der Waals surface area (Å²) >= 11 is 6.72. The molecule has 0 spiro atoms. The molecule has 0 aliphatic heterocycles. The van der Waals surface area contributed by atoms with E-state index in [1.165, 1.54) is 25.5 Å². The quantitative estimate of drug-likeness (QED) is 0.188. The number of hydrogen-bond donors (Lipinski definition) is 1. The Morgan fingerprint density at radius 2 is 1.78 bits per heavy atom. The normalized spacial score (nSPS) is 12.7. The molecule has 0 aliphatic carbocycles. The Labute approximate surface area is 247 Å². The number of aryl methyl sites for hydroxylation is 2. The zero-order chi connectivity index (χ0) is 29.7. The number of rotatable bonds is 11. The number of ether oxygens (including phenoxy) is 2. The molecule has 1 N–H and O–H groups in total. The molecule has 7 heteroatoms. The van der Waals surface area contributed by atoms with Gasteiger partial charge in [0, 0.05) is 35.6 Å². The maximum Gasteiger partial charge on any atom is 0.346 e. The lowest BCUT2D eigenvalue weighted by Gasteiger charge is -2.16. The minimum absolute atomic E-state index is 0.109. The molecule has 0 saturated carbocycles. The number of fused-ring (bicyclic) bond motifs is 1. The van der Waals surface area contributed by atoms with E-state index in [9.17, 15) is 9.59 Å². The fourth-order valence-electron chi connectivity index (χ4n) is 5.10. The highest BCUT2D eigenvalue weighted by Crippen LogP contribution is 2.34. The fraction of sp³-hybridized carbons (Fsp3) is 0.353. The number of benzene rings is 3. The molecule has 0 aliphatic rings. The van der Waals surface area contributed by atoms with Gasteiger partial charge < -0.3 is 19.4 Å². The molecule has 216 valence electrons. The highest BCUT2D eigenvalue weighted by molar-refractivity contribution is 6.32. The van der Waals surface area contributed by atoms with Gasteiger partial charge in [0.1, 0.15) is 5.75 Å². The van der Waals surface area contributed by atoms with Gasteiger partial charge in [0.05, 0.1) is 18.2 Å². The van der Waals surface area contributed by atoms with Crippen LogP contribution in [0.1, 0.15) is 78.0 Å². The molecular formula is C34H39ClN2O4. The van der Waals surface area contributed by atoms with E-state index in [1.807, 2.05) is 44.3 Å². The summed E-state index contributed by atoms with van der Waals surface area (Å²) in [7, 11) is 3.33. The van der Waals surface area contributed by atoms with Gasteiger partial charge in [-0.1, -0.05) is 67.4 Å². The molecule has 0 saturated heterocycles. The van der Waals surface area contributed by atoms with Crippen LogP contribution in [-0.2, 0) is 29.4 Å². The molecule has 6 nitrogen and oxygen atoms in total. The van der Waals surface area contributed by atoms with Crippen molar-refractivity contribution >= 4 is 34.4 Å². The van der Waals surface area contributed by atoms with Crippen molar-refractivity contribution in [1.29, 1.82) is 0 Å². The summed E-state index contributed by atoms with van der Waals surface area (Å²) in [6.07, 6.45) is 3.23. The third kappa shape index (κ3) is 6.76. The SMILES string of the molecule is CCCCc1ccc([C@H](C)NC(=O)c2ccc3c(Cc4cccc(O[C@H](C)C(=O)OC)c4Cl)c(C)n(C)c3c2)cc1. The van der Waals surface area contributed by atoms with Gasteiger partial charge in [0.15, 0.2) is 6.10 Å². The number of nitrogens with one attached hydrogen (secondary N) is 1. The number of aromatic nitrogens is 1. The van der Waals surface area contributed by atoms with Crippen LogP contribution in [0.15, 0.2) is 60.7 Å². The molecule has 0 unspecified atom stereocenters. The largest absolute Gasteiger partial charge is 0.477 e. The van der Waals surface area contributed by atoms with Gasteiger partial charge in [-0.2, -0.15) is 0 Å². The number of methoxy groups -OCH3 is 1. The summed E-state index contributed by atoms with van der Waals surface area (Å²) < 4.78 is 12.6. The van der Waals surface area contributed by atoms with Crippen molar-refractivity contribution in [3.63, 3.8) is 0 Å². The number of unbranched alkanes of at least 4 members (excludes halogenated alkanes) is 1. The van der Waals surface area contributed by atoms with Gasteiger partial charge in [-0.3, -0.25) is 4.79 Å². The molecular weight excluding hydrogens is 536 g/mol. The van der Waals surface area contributed by atoms with Gasteiger partial charge >= 0.3 is 5.97 Å². The first kappa shape index (κ1) is 30.2. The van der Waals surface area contributed by atoms with Crippen LogP contribution in [-0.4, -0.2) is 29.7 Å². The second kappa shape index (κ2) is 13.3. The zero-order valence-electron chi connectivity index (χ0n) is 24.7. The van der Waals surface area contributed by atoms with Crippen molar-refractivity contribution in [1.82, 2.24) is 9.88 Å². The van der Waals surface area contributed by atoms with E-state index in [1.54, 1.807) is 13.0 Å². The number of amides is 1. The average Bonchev–Trinajstić information content (AvgIpc) is 3.21. The van der Waals surface area contributed by atoms with Crippen molar-refractivity contribution in [2.45, 2.75) is 65.5 Å². The highest BCUT2D eigenvalue weighted by Gasteiger charge is 2.20. The topological polar surface area (TPSA) is 69.6 Å². The van der Waals surface area contributed by atoms with Crippen molar-refractivity contribution in [2.24, 2.45) is 7.05 Å². The number of carbonyl (C=O) groups is 2. The summed E-state index contributed by atoms with van der Waals surface area (Å²) in [5.74, 6) is -0.142. The van der Waals surface area contributed by atoms with Gasteiger partial charge in [-0.25, -0.2) is 4.79 Å². The second-order valence-corrected chi connectivity index (χ2v) is 11.0. The van der Waals surface area contributed by atoms with Crippen LogP contribution < -0.4 is 10.1 Å². The van der Waals surface area contributed by atoms with Crippen molar-refractivity contribution in [2.75, 3.05) is 7.11 Å². The minimum Gasteiger partial charge on any atom is -0.477 e. The van der Waals surface area contributed by atoms with E-state index in [-0.39, 0.29) is 11.9 Å². The van der Waals surface area contributed by atoms with E-state index in [0.29, 0.717) is 22.8 Å². The number of halogens is 1. The lowest BCUT2D eigenvalue weighted by Crippen LogP contribution is -2.26. The Balaban J connectivity index is 1.53. The van der Waals surface area contributed by atoms with Crippen LogP contribution in [0.3, 0.4) is 0 Å².